The molecule has 0 unspecified atom stereocenters. The van der Waals surface area contributed by atoms with Crippen LogP contribution in [0.1, 0.15) is 10.4 Å². The first kappa shape index (κ1) is 10.0. The first-order valence-electron chi connectivity index (χ1n) is 5.00. The number of pyridine rings is 1. The van der Waals surface area contributed by atoms with E-state index in [1.165, 1.54) is 11.7 Å². The molecule has 3 aromatic rings. The minimum Gasteiger partial charge on any atom is -0.298 e. The molecule has 0 atom stereocenters. The lowest BCUT2D eigenvalue weighted by atomic mass is 10.1. The Balaban J connectivity index is 2.15. The van der Waals surface area contributed by atoms with Crippen molar-refractivity contribution in [1.82, 2.24) is 13.7 Å². The average molecular weight is 241 g/mol. The maximum atomic E-state index is 10.7. The third-order valence-corrected chi connectivity index (χ3v) is 3.04. The molecule has 0 amide bonds. The van der Waals surface area contributed by atoms with E-state index in [0.29, 0.717) is 5.56 Å². The topological polar surface area (TPSA) is 55.7 Å². The normalized spacial score (nSPS) is 10.6. The molecule has 0 saturated heterocycles. The Bertz CT molecular complexity index is 693. The molecule has 5 heteroatoms. The first-order chi connectivity index (χ1) is 8.36. The SMILES string of the molecule is O=Cc1cncc(-c2ccc3nsnc3c2)c1. The zero-order valence-electron chi connectivity index (χ0n) is 8.70. The summed E-state index contributed by atoms with van der Waals surface area (Å²) in [6.45, 7) is 0. The fraction of sp³-hybridized carbons (Fsp3) is 0. The molecular formula is C12H7N3OS. The van der Waals surface area contributed by atoms with E-state index in [9.17, 15) is 4.79 Å². The van der Waals surface area contributed by atoms with E-state index >= 15 is 0 Å². The van der Waals surface area contributed by atoms with Crippen molar-refractivity contribution in [2.24, 2.45) is 0 Å². The molecule has 0 fully saturated rings. The van der Waals surface area contributed by atoms with Gasteiger partial charge in [0.05, 0.1) is 11.7 Å². The summed E-state index contributed by atoms with van der Waals surface area (Å²) < 4.78 is 8.33. The molecule has 2 aromatic heterocycles. The Hall–Kier alpha value is -2.14. The molecule has 2 heterocycles. The lowest BCUT2D eigenvalue weighted by Gasteiger charge is -2.01. The van der Waals surface area contributed by atoms with Crippen LogP contribution >= 0.6 is 11.7 Å². The van der Waals surface area contributed by atoms with Gasteiger partial charge < -0.3 is 0 Å². The van der Waals surface area contributed by atoms with Crippen LogP contribution < -0.4 is 0 Å². The maximum absolute atomic E-state index is 10.7. The Morgan fingerprint density at radius 2 is 1.88 bits per heavy atom. The fourth-order valence-electron chi connectivity index (χ4n) is 1.64. The van der Waals surface area contributed by atoms with E-state index in [4.69, 9.17) is 0 Å². The monoisotopic (exact) mass is 241 g/mol. The second-order valence-corrected chi connectivity index (χ2v) is 4.12. The van der Waals surface area contributed by atoms with Crippen molar-refractivity contribution in [1.29, 1.82) is 0 Å². The molecule has 82 valence electrons. The molecule has 0 bridgehead atoms. The van der Waals surface area contributed by atoms with Gasteiger partial charge in [0.1, 0.15) is 11.0 Å². The predicted octanol–water partition coefficient (Wildman–Crippen LogP) is 2.57. The molecule has 4 nitrogen and oxygen atoms in total. The number of nitrogens with zero attached hydrogens (tertiary/aromatic N) is 3. The molecule has 0 saturated carbocycles. The number of hydrogen-bond acceptors (Lipinski definition) is 5. The molecule has 0 aliphatic rings. The Morgan fingerprint density at radius 3 is 2.76 bits per heavy atom. The maximum Gasteiger partial charge on any atom is 0.151 e. The van der Waals surface area contributed by atoms with E-state index in [-0.39, 0.29) is 0 Å². The lowest BCUT2D eigenvalue weighted by molar-refractivity contribution is 0.112. The van der Waals surface area contributed by atoms with Gasteiger partial charge in [-0.15, -0.1) is 0 Å². The van der Waals surface area contributed by atoms with E-state index in [0.717, 1.165) is 28.4 Å². The molecule has 0 aliphatic carbocycles. The van der Waals surface area contributed by atoms with Crippen LogP contribution in [0.2, 0.25) is 0 Å². The number of aldehydes is 1. The number of carbonyl (C=O) groups excluding carboxylic acids is 1. The van der Waals surface area contributed by atoms with Gasteiger partial charge in [-0.2, -0.15) is 8.75 Å². The summed E-state index contributed by atoms with van der Waals surface area (Å²) in [5.74, 6) is 0. The van der Waals surface area contributed by atoms with Gasteiger partial charge in [-0.1, -0.05) is 6.07 Å². The second-order valence-electron chi connectivity index (χ2n) is 3.59. The van der Waals surface area contributed by atoms with Crippen LogP contribution in [-0.2, 0) is 0 Å². The number of benzene rings is 1. The van der Waals surface area contributed by atoms with E-state index < -0.39 is 0 Å². The van der Waals surface area contributed by atoms with Gasteiger partial charge in [-0.05, 0) is 23.8 Å². The van der Waals surface area contributed by atoms with Crippen LogP contribution in [0.3, 0.4) is 0 Å². The van der Waals surface area contributed by atoms with Crippen molar-refractivity contribution in [3.8, 4) is 11.1 Å². The third kappa shape index (κ3) is 1.81. The molecule has 3 rings (SSSR count). The molecule has 0 N–H and O–H groups in total. The van der Waals surface area contributed by atoms with Gasteiger partial charge in [0.2, 0.25) is 0 Å². The highest BCUT2D eigenvalue weighted by Crippen LogP contribution is 2.23. The Morgan fingerprint density at radius 1 is 1.00 bits per heavy atom. The van der Waals surface area contributed by atoms with Gasteiger partial charge in [0.15, 0.2) is 6.29 Å². The van der Waals surface area contributed by atoms with Crippen molar-refractivity contribution in [3.05, 3.63) is 42.2 Å². The fourth-order valence-corrected chi connectivity index (χ4v) is 2.16. The van der Waals surface area contributed by atoms with Crippen molar-refractivity contribution >= 4 is 29.0 Å². The standard InChI is InChI=1S/C12H7N3OS/c16-7-8-3-10(6-13-5-8)9-1-2-11-12(4-9)15-17-14-11/h1-7H. The van der Waals surface area contributed by atoms with E-state index in [1.807, 2.05) is 18.2 Å². The largest absolute Gasteiger partial charge is 0.298 e. The molecule has 1 aromatic carbocycles. The summed E-state index contributed by atoms with van der Waals surface area (Å²) in [6, 6.07) is 7.63. The summed E-state index contributed by atoms with van der Waals surface area (Å²) in [4.78, 5) is 14.7. The van der Waals surface area contributed by atoms with Crippen molar-refractivity contribution in [3.63, 3.8) is 0 Å². The van der Waals surface area contributed by atoms with Crippen molar-refractivity contribution in [2.45, 2.75) is 0 Å². The summed E-state index contributed by atoms with van der Waals surface area (Å²) in [7, 11) is 0. The highest BCUT2D eigenvalue weighted by Gasteiger charge is 2.03. The van der Waals surface area contributed by atoms with Gasteiger partial charge >= 0.3 is 0 Å². The van der Waals surface area contributed by atoms with Crippen molar-refractivity contribution in [2.75, 3.05) is 0 Å². The number of fused-ring (bicyclic) bond motifs is 1. The summed E-state index contributed by atoms with van der Waals surface area (Å²) in [5.41, 5.74) is 4.21. The van der Waals surface area contributed by atoms with Gasteiger partial charge in [0, 0.05) is 23.5 Å². The minimum atomic E-state index is 0.569. The van der Waals surface area contributed by atoms with Crippen LogP contribution in [0.15, 0.2) is 36.7 Å². The molecular weight excluding hydrogens is 234 g/mol. The summed E-state index contributed by atoms with van der Waals surface area (Å²) in [6.07, 6.45) is 4.06. The molecule has 0 radical (unpaired) electrons. The van der Waals surface area contributed by atoms with E-state index in [1.54, 1.807) is 18.5 Å². The van der Waals surface area contributed by atoms with Crippen LogP contribution in [0.25, 0.3) is 22.2 Å². The van der Waals surface area contributed by atoms with Crippen LogP contribution in [-0.4, -0.2) is 20.0 Å². The zero-order valence-corrected chi connectivity index (χ0v) is 9.52. The van der Waals surface area contributed by atoms with Crippen LogP contribution in [0.5, 0.6) is 0 Å². The quantitative estimate of drug-likeness (QED) is 0.647. The van der Waals surface area contributed by atoms with Crippen LogP contribution in [0.4, 0.5) is 0 Å². The highest BCUT2D eigenvalue weighted by atomic mass is 32.1. The first-order valence-corrected chi connectivity index (χ1v) is 5.73. The smallest absolute Gasteiger partial charge is 0.151 e. The molecule has 17 heavy (non-hydrogen) atoms. The predicted molar refractivity (Wildman–Crippen MR) is 66.0 cm³/mol. The second kappa shape index (κ2) is 4.03. The zero-order chi connectivity index (χ0) is 11.7. The molecule has 0 aliphatic heterocycles. The third-order valence-electron chi connectivity index (χ3n) is 2.48. The highest BCUT2D eigenvalue weighted by molar-refractivity contribution is 7.00. The number of aromatic nitrogens is 3. The Kier molecular flexibility index (Phi) is 2.38. The average Bonchev–Trinajstić information content (AvgIpc) is 2.86. The van der Waals surface area contributed by atoms with E-state index in [2.05, 4.69) is 13.7 Å². The number of hydrogen-bond donors (Lipinski definition) is 0. The van der Waals surface area contributed by atoms with Crippen LogP contribution in [0, 0.1) is 0 Å². The summed E-state index contributed by atoms with van der Waals surface area (Å²) in [5, 5.41) is 0. The van der Waals surface area contributed by atoms with Gasteiger partial charge in [-0.25, -0.2) is 0 Å². The van der Waals surface area contributed by atoms with Gasteiger partial charge in [0.25, 0.3) is 0 Å². The number of carbonyl (C=O) groups is 1. The minimum absolute atomic E-state index is 0.569. The summed E-state index contributed by atoms with van der Waals surface area (Å²) >= 11 is 1.19. The molecule has 0 spiro atoms. The Labute approximate surface area is 101 Å². The number of rotatable bonds is 2. The van der Waals surface area contributed by atoms with Gasteiger partial charge in [-0.3, -0.25) is 9.78 Å². The lowest BCUT2D eigenvalue weighted by Crippen LogP contribution is -1.85. The van der Waals surface area contributed by atoms with Crippen molar-refractivity contribution < 1.29 is 4.79 Å².